The number of benzene rings is 2. The van der Waals surface area contributed by atoms with Gasteiger partial charge in [-0.1, -0.05) is 41.9 Å². The highest BCUT2D eigenvalue weighted by atomic mass is 35.5. The monoisotopic (exact) mass is 409 g/mol. The van der Waals surface area contributed by atoms with E-state index in [0.717, 1.165) is 36.3 Å². The summed E-state index contributed by atoms with van der Waals surface area (Å²) in [5.41, 5.74) is 2.25. The first kappa shape index (κ1) is 18.7. The van der Waals surface area contributed by atoms with Gasteiger partial charge in [-0.05, 0) is 55.4 Å². The Balaban J connectivity index is 1.24. The van der Waals surface area contributed by atoms with Crippen molar-refractivity contribution < 1.29 is 14.3 Å². The molecule has 2 aliphatic heterocycles. The number of nitrogens with zero attached hydrogens (tertiary/aromatic N) is 1. The molecule has 1 spiro atoms. The zero-order chi connectivity index (χ0) is 20.0. The summed E-state index contributed by atoms with van der Waals surface area (Å²) in [6.07, 6.45) is 4.54. The number of carbonyl (C=O) groups excluding carboxylic acids is 2. The molecule has 150 valence electrons. The minimum atomic E-state index is -0.649. The van der Waals surface area contributed by atoms with Crippen LogP contribution in [-0.4, -0.2) is 29.9 Å². The molecule has 0 bridgehead atoms. The van der Waals surface area contributed by atoms with Crippen LogP contribution in [-0.2, 0) is 15.1 Å². The summed E-state index contributed by atoms with van der Waals surface area (Å²) in [7, 11) is 0. The van der Waals surface area contributed by atoms with Gasteiger partial charge in [-0.15, -0.1) is 0 Å². The molecule has 3 aliphatic rings. The van der Waals surface area contributed by atoms with E-state index in [1.165, 1.54) is 5.56 Å². The summed E-state index contributed by atoms with van der Waals surface area (Å²) >= 11 is 6.00. The molecule has 5 heteroatoms. The molecule has 4 nitrogen and oxygen atoms in total. The third kappa shape index (κ3) is 3.24. The van der Waals surface area contributed by atoms with Crippen LogP contribution in [0.3, 0.4) is 0 Å². The molecule has 5 rings (SSSR count). The van der Waals surface area contributed by atoms with Crippen molar-refractivity contribution in [3.05, 3.63) is 70.2 Å². The van der Waals surface area contributed by atoms with E-state index in [1.807, 2.05) is 41.3 Å². The molecule has 0 N–H and O–H groups in total. The predicted octanol–water partition coefficient (Wildman–Crippen LogP) is 4.91. The average Bonchev–Trinajstić information content (AvgIpc) is 3.30. The largest absolute Gasteiger partial charge is 0.449 e. The average molecular weight is 410 g/mol. The Hall–Kier alpha value is -2.33. The molecular formula is C24H24ClNO3. The Kier molecular flexibility index (Phi) is 4.62. The topological polar surface area (TPSA) is 46.6 Å². The Morgan fingerprint density at radius 3 is 2.52 bits per heavy atom. The van der Waals surface area contributed by atoms with Crippen molar-refractivity contribution in [2.75, 3.05) is 13.1 Å². The summed E-state index contributed by atoms with van der Waals surface area (Å²) < 4.78 is 5.79. The van der Waals surface area contributed by atoms with Gasteiger partial charge >= 0.3 is 5.97 Å². The van der Waals surface area contributed by atoms with Crippen LogP contribution in [0.5, 0.6) is 0 Å². The van der Waals surface area contributed by atoms with E-state index in [-0.39, 0.29) is 17.8 Å². The molecule has 1 aliphatic carbocycles. The van der Waals surface area contributed by atoms with Crippen molar-refractivity contribution in [1.82, 2.24) is 4.90 Å². The van der Waals surface area contributed by atoms with Gasteiger partial charge in [-0.3, -0.25) is 4.79 Å². The maximum absolute atomic E-state index is 13.2. The molecule has 29 heavy (non-hydrogen) atoms. The SMILES string of the molecule is O=C1OC2(CCN(C(=O)C3CCC(c4ccc(Cl)cc4)CC3)C2)c2ccccc21. The van der Waals surface area contributed by atoms with E-state index in [2.05, 4.69) is 12.1 Å². The zero-order valence-electron chi connectivity index (χ0n) is 16.3. The zero-order valence-corrected chi connectivity index (χ0v) is 17.0. The molecule has 2 aromatic rings. The molecule has 1 unspecified atom stereocenters. The van der Waals surface area contributed by atoms with Gasteiger partial charge in [0.05, 0.1) is 12.1 Å². The molecule has 1 saturated heterocycles. The van der Waals surface area contributed by atoms with Gasteiger partial charge in [-0.25, -0.2) is 4.79 Å². The molecule has 2 heterocycles. The van der Waals surface area contributed by atoms with Gasteiger partial charge < -0.3 is 9.64 Å². The second-order valence-corrected chi connectivity index (χ2v) is 8.98. The van der Waals surface area contributed by atoms with E-state index >= 15 is 0 Å². The predicted molar refractivity (Wildman–Crippen MR) is 111 cm³/mol. The summed E-state index contributed by atoms with van der Waals surface area (Å²) in [6, 6.07) is 15.7. The van der Waals surface area contributed by atoms with E-state index in [0.29, 0.717) is 31.0 Å². The molecule has 1 saturated carbocycles. The minimum Gasteiger partial charge on any atom is -0.449 e. The normalized spacial score (nSPS) is 28.4. The number of hydrogen-bond acceptors (Lipinski definition) is 3. The third-order valence-corrected chi connectivity index (χ3v) is 7.14. The van der Waals surface area contributed by atoms with Crippen LogP contribution >= 0.6 is 11.6 Å². The number of amides is 1. The van der Waals surface area contributed by atoms with Crippen molar-refractivity contribution in [1.29, 1.82) is 0 Å². The summed E-state index contributed by atoms with van der Waals surface area (Å²) in [5, 5.41) is 0.759. The lowest BCUT2D eigenvalue weighted by Gasteiger charge is -2.31. The summed E-state index contributed by atoms with van der Waals surface area (Å²) in [4.78, 5) is 27.4. The number of rotatable bonds is 2. The van der Waals surface area contributed by atoms with Gasteiger partial charge in [0.15, 0.2) is 5.60 Å². The van der Waals surface area contributed by atoms with Crippen molar-refractivity contribution in [2.45, 2.75) is 43.6 Å². The van der Waals surface area contributed by atoms with E-state index in [1.54, 1.807) is 0 Å². The lowest BCUT2D eigenvalue weighted by molar-refractivity contribution is -0.136. The van der Waals surface area contributed by atoms with Gasteiger partial charge in [0, 0.05) is 29.5 Å². The highest BCUT2D eigenvalue weighted by Crippen LogP contribution is 2.44. The third-order valence-electron chi connectivity index (χ3n) is 6.89. The number of likely N-dealkylation sites (tertiary alicyclic amines) is 1. The number of fused-ring (bicyclic) bond motifs is 2. The molecule has 0 radical (unpaired) electrons. The first-order valence-electron chi connectivity index (χ1n) is 10.4. The van der Waals surface area contributed by atoms with Crippen LogP contribution < -0.4 is 0 Å². The van der Waals surface area contributed by atoms with Crippen LogP contribution in [0.15, 0.2) is 48.5 Å². The Labute approximate surface area is 175 Å². The molecule has 2 fully saturated rings. The molecular weight excluding hydrogens is 386 g/mol. The summed E-state index contributed by atoms with van der Waals surface area (Å²) in [6.45, 7) is 1.13. The molecule has 1 amide bonds. The van der Waals surface area contributed by atoms with E-state index in [9.17, 15) is 9.59 Å². The number of carbonyl (C=O) groups is 2. The second kappa shape index (κ2) is 7.17. The fourth-order valence-electron chi connectivity index (χ4n) is 5.29. The van der Waals surface area contributed by atoms with Crippen LogP contribution in [0.1, 0.15) is 59.5 Å². The Morgan fingerprint density at radius 1 is 1.03 bits per heavy atom. The van der Waals surface area contributed by atoms with Crippen LogP contribution in [0, 0.1) is 5.92 Å². The standard InChI is InChI=1S/C24H24ClNO3/c25-19-11-9-17(10-12-19)16-5-7-18(8-6-16)22(27)26-14-13-24(15-26)21-4-2-1-3-20(21)23(28)29-24/h1-4,9-12,16,18H,5-8,13-15H2. The highest BCUT2D eigenvalue weighted by molar-refractivity contribution is 6.30. The summed E-state index contributed by atoms with van der Waals surface area (Å²) in [5.74, 6) is 0.528. The van der Waals surface area contributed by atoms with Gasteiger partial charge in [-0.2, -0.15) is 0 Å². The highest BCUT2D eigenvalue weighted by Gasteiger charge is 2.51. The lowest BCUT2D eigenvalue weighted by atomic mass is 9.78. The van der Waals surface area contributed by atoms with Gasteiger partial charge in [0.2, 0.25) is 5.91 Å². The fourth-order valence-corrected chi connectivity index (χ4v) is 5.41. The molecule has 1 atom stereocenters. The first-order chi connectivity index (χ1) is 14.1. The van der Waals surface area contributed by atoms with Crippen molar-refractivity contribution in [3.8, 4) is 0 Å². The maximum Gasteiger partial charge on any atom is 0.339 e. The number of ether oxygens (including phenoxy) is 1. The fraction of sp³-hybridized carbons (Fsp3) is 0.417. The maximum atomic E-state index is 13.2. The van der Waals surface area contributed by atoms with Crippen LogP contribution in [0.25, 0.3) is 0 Å². The Morgan fingerprint density at radius 2 is 1.76 bits per heavy atom. The van der Waals surface area contributed by atoms with Gasteiger partial charge in [0.1, 0.15) is 0 Å². The number of esters is 1. The first-order valence-corrected chi connectivity index (χ1v) is 10.8. The van der Waals surface area contributed by atoms with Crippen LogP contribution in [0.2, 0.25) is 5.02 Å². The number of halogens is 1. The molecule has 2 aromatic carbocycles. The van der Waals surface area contributed by atoms with Crippen molar-refractivity contribution in [2.24, 2.45) is 5.92 Å². The van der Waals surface area contributed by atoms with Crippen molar-refractivity contribution in [3.63, 3.8) is 0 Å². The van der Waals surface area contributed by atoms with Crippen molar-refractivity contribution >= 4 is 23.5 Å². The molecule has 0 aromatic heterocycles. The second-order valence-electron chi connectivity index (χ2n) is 8.54. The quantitative estimate of drug-likeness (QED) is 0.662. The lowest BCUT2D eigenvalue weighted by Crippen LogP contribution is -2.39. The smallest absolute Gasteiger partial charge is 0.339 e. The number of hydrogen-bond donors (Lipinski definition) is 0. The van der Waals surface area contributed by atoms with E-state index < -0.39 is 5.60 Å². The van der Waals surface area contributed by atoms with E-state index in [4.69, 9.17) is 16.3 Å². The minimum absolute atomic E-state index is 0.0704. The van der Waals surface area contributed by atoms with Gasteiger partial charge in [0.25, 0.3) is 0 Å². The Bertz CT molecular complexity index is 949. The van der Waals surface area contributed by atoms with Crippen LogP contribution in [0.4, 0.5) is 0 Å².